The topological polar surface area (TPSA) is 90.0 Å². The molecule has 0 radical (unpaired) electrons. The van der Waals surface area contributed by atoms with Crippen LogP contribution in [0.15, 0.2) is 36.4 Å². The molecule has 0 bridgehead atoms. The van der Waals surface area contributed by atoms with Gasteiger partial charge in [0.25, 0.3) is 5.91 Å². The van der Waals surface area contributed by atoms with Crippen LogP contribution in [0.1, 0.15) is 65.8 Å². The molecule has 154 valence electrons. The number of primary amides is 1. The maximum absolute atomic E-state index is 12.7. The zero-order chi connectivity index (χ0) is 20.7. The zero-order valence-corrected chi connectivity index (χ0v) is 17.0. The SMILES string of the molecule is NC(=O)c1ccc(-c2c3n(c4ccccc24)C(=O)CCC3)nc1NC1CCCCC1. The molecule has 2 aromatic heterocycles. The molecular weight excluding hydrogens is 376 g/mol. The Morgan fingerprint density at radius 3 is 2.63 bits per heavy atom. The molecule has 0 unspecified atom stereocenters. The standard InChI is InChI=1S/C24H26N4O2/c25-23(30)17-13-14-18(27-24(17)26-15-7-2-1-3-8-15)22-16-9-4-5-10-19(16)28-20(22)11-6-12-21(28)29/h4-5,9-10,13-15H,1-3,6-8,11-12H2,(H2,25,30)(H,26,27). The van der Waals surface area contributed by atoms with E-state index in [0.717, 1.165) is 53.5 Å². The van der Waals surface area contributed by atoms with Crippen molar-refractivity contribution in [3.63, 3.8) is 0 Å². The number of hydrogen-bond acceptors (Lipinski definition) is 4. The fourth-order valence-corrected chi connectivity index (χ4v) is 4.97. The van der Waals surface area contributed by atoms with E-state index < -0.39 is 5.91 Å². The number of nitrogens with zero attached hydrogens (tertiary/aromatic N) is 2. The lowest BCUT2D eigenvalue weighted by Crippen LogP contribution is -2.25. The third-order valence-corrected chi connectivity index (χ3v) is 6.39. The second-order valence-corrected chi connectivity index (χ2v) is 8.36. The van der Waals surface area contributed by atoms with Crippen molar-refractivity contribution in [3.8, 4) is 11.3 Å². The Balaban J connectivity index is 1.66. The lowest BCUT2D eigenvalue weighted by molar-refractivity contribution is 0.0889. The summed E-state index contributed by atoms with van der Waals surface area (Å²) in [4.78, 5) is 29.6. The minimum Gasteiger partial charge on any atom is -0.367 e. The molecule has 0 atom stereocenters. The number of benzene rings is 1. The van der Waals surface area contributed by atoms with E-state index in [2.05, 4.69) is 5.32 Å². The average Bonchev–Trinajstić information content (AvgIpc) is 3.10. The van der Waals surface area contributed by atoms with Crippen LogP contribution in [-0.4, -0.2) is 27.4 Å². The van der Waals surface area contributed by atoms with Crippen LogP contribution >= 0.6 is 0 Å². The van der Waals surface area contributed by atoms with E-state index in [0.29, 0.717) is 23.8 Å². The first kappa shape index (κ1) is 18.9. The van der Waals surface area contributed by atoms with Gasteiger partial charge in [0.1, 0.15) is 5.82 Å². The van der Waals surface area contributed by atoms with Gasteiger partial charge in [0.2, 0.25) is 5.91 Å². The van der Waals surface area contributed by atoms with Crippen LogP contribution in [-0.2, 0) is 6.42 Å². The van der Waals surface area contributed by atoms with E-state index in [1.54, 1.807) is 6.07 Å². The van der Waals surface area contributed by atoms with Gasteiger partial charge in [0.15, 0.2) is 0 Å². The number of nitrogens with one attached hydrogen (secondary N) is 1. The second-order valence-electron chi connectivity index (χ2n) is 8.36. The molecule has 1 fully saturated rings. The summed E-state index contributed by atoms with van der Waals surface area (Å²) in [6, 6.07) is 11.9. The Bertz CT molecular complexity index is 1140. The number of fused-ring (bicyclic) bond motifs is 3. The van der Waals surface area contributed by atoms with E-state index in [4.69, 9.17) is 10.7 Å². The van der Waals surface area contributed by atoms with Crippen molar-refractivity contribution >= 4 is 28.5 Å². The fraction of sp³-hybridized carbons (Fsp3) is 0.375. The van der Waals surface area contributed by atoms with Crippen LogP contribution in [0.5, 0.6) is 0 Å². The molecule has 1 aromatic carbocycles. The number of rotatable bonds is 4. The van der Waals surface area contributed by atoms with Crippen molar-refractivity contribution in [1.82, 2.24) is 9.55 Å². The molecule has 6 heteroatoms. The molecule has 0 spiro atoms. The predicted octanol–water partition coefficient (Wildman–Crippen LogP) is 4.52. The van der Waals surface area contributed by atoms with Gasteiger partial charge in [0.05, 0.1) is 16.8 Å². The molecule has 1 saturated carbocycles. The molecule has 0 saturated heterocycles. The second kappa shape index (κ2) is 7.59. The summed E-state index contributed by atoms with van der Waals surface area (Å²) in [6.07, 6.45) is 8.01. The maximum Gasteiger partial charge on any atom is 0.252 e. The third-order valence-electron chi connectivity index (χ3n) is 6.39. The summed E-state index contributed by atoms with van der Waals surface area (Å²) in [5, 5.41) is 4.50. The van der Waals surface area contributed by atoms with Crippen molar-refractivity contribution in [2.75, 3.05) is 5.32 Å². The molecular formula is C24H26N4O2. The molecule has 3 aromatic rings. The number of anilines is 1. The Morgan fingerprint density at radius 2 is 1.83 bits per heavy atom. The van der Waals surface area contributed by atoms with E-state index >= 15 is 0 Å². The number of para-hydroxylation sites is 1. The van der Waals surface area contributed by atoms with Crippen molar-refractivity contribution in [2.24, 2.45) is 5.73 Å². The largest absolute Gasteiger partial charge is 0.367 e. The first-order valence-electron chi connectivity index (χ1n) is 10.9. The average molecular weight is 402 g/mol. The van der Waals surface area contributed by atoms with Gasteiger partial charge in [-0.3, -0.25) is 14.2 Å². The van der Waals surface area contributed by atoms with Crippen LogP contribution in [0.2, 0.25) is 0 Å². The van der Waals surface area contributed by atoms with E-state index in [9.17, 15) is 9.59 Å². The van der Waals surface area contributed by atoms with Gasteiger partial charge < -0.3 is 11.1 Å². The fourth-order valence-electron chi connectivity index (χ4n) is 4.97. The van der Waals surface area contributed by atoms with Crippen LogP contribution in [0.25, 0.3) is 22.2 Å². The van der Waals surface area contributed by atoms with Gasteiger partial charge in [0, 0.05) is 29.1 Å². The quantitative estimate of drug-likeness (QED) is 0.671. The molecule has 6 nitrogen and oxygen atoms in total. The van der Waals surface area contributed by atoms with Crippen molar-refractivity contribution in [2.45, 2.75) is 57.4 Å². The van der Waals surface area contributed by atoms with Gasteiger partial charge in [-0.1, -0.05) is 37.5 Å². The van der Waals surface area contributed by atoms with Crippen molar-refractivity contribution in [3.05, 3.63) is 47.7 Å². The van der Waals surface area contributed by atoms with Crippen molar-refractivity contribution < 1.29 is 9.59 Å². The Labute approximate surface area is 175 Å². The molecule has 2 aliphatic rings. The summed E-state index contributed by atoms with van der Waals surface area (Å²) in [5.74, 6) is 0.206. The Hall–Kier alpha value is -3.15. The molecule has 1 aliphatic heterocycles. The first-order valence-corrected chi connectivity index (χ1v) is 10.9. The Morgan fingerprint density at radius 1 is 1.03 bits per heavy atom. The van der Waals surface area contributed by atoms with E-state index in [-0.39, 0.29) is 5.91 Å². The van der Waals surface area contributed by atoms with Gasteiger partial charge >= 0.3 is 0 Å². The monoisotopic (exact) mass is 402 g/mol. The first-order chi connectivity index (χ1) is 14.6. The lowest BCUT2D eigenvalue weighted by atomic mass is 9.95. The van der Waals surface area contributed by atoms with Crippen LogP contribution in [0, 0.1) is 0 Å². The normalized spacial score (nSPS) is 17.1. The number of hydrogen-bond donors (Lipinski definition) is 2. The number of carbonyl (C=O) groups is 2. The number of carbonyl (C=O) groups excluding carboxylic acids is 2. The number of aromatic nitrogens is 2. The zero-order valence-electron chi connectivity index (χ0n) is 17.0. The van der Waals surface area contributed by atoms with Crippen LogP contribution in [0.4, 0.5) is 5.82 Å². The highest BCUT2D eigenvalue weighted by Crippen LogP contribution is 2.38. The molecule has 1 amide bonds. The smallest absolute Gasteiger partial charge is 0.252 e. The Kier molecular flexibility index (Phi) is 4.77. The minimum absolute atomic E-state index is 0.132. The van der Waals surface area contributed by atoms with E-state index in [1.807, 2.05) is 34.9 Å². The van der Waals surface area contributed by atoms with E-state index in [1.165, 1.54) is 19.3 Å². The summed E-state index contributed by atoms with van der Waals surface area (Å²) in [6.45, 7) is 0. The highest BCUT2D eigenvalue weighted by molar-refractivity contribution is 6.05. The number of nitrogens with two attached hydrogens (primary N) is 1. The predicted molar refractivity (Wildman–Crippen MR) is 118 cm³/mol. The van der Waals surface area contributed by atoms with Gasteiger partial charge in [-0.2, -0.15) is 0 Å². The summed E-state index contributed by atoms with van der Waals surface area (Å²) < 4.78 is 1.85. The lowest BCUT2D eigenvalue weighted by Gasteiger charge is -2.24. The maximum atomic E-state index is 12.7. The number of amides is 1. The third kappa shape index (κ3) is 3.16. The molecule has 3 N–H and O–H groups in total. The molecule has 1 aliphatic carbocycles. The summed E-state index contributed by atoms with van der Waals surface area (Å²) in [7, 11) is 0. The van der Waals surface area contributed by atoms with Crippen molar-refractivity contribution in [1.29, 1.82) is 0 Å². The highest BCUT2D eigenvalue weighted by Gasteiger charge is 2.27. The summed E-state index contributed by atoms with van der Waals surface area (Å²) in [5.41, 5.74) is 9.75. The van der Waals surface area contributed by atoms with Gasteiger partial charge in [-0.05, 0) is 43.9 Å². The molecule has 30 heavy (non-hydrogen) atoms. The molecule has 5 rings (SSSR count). The minimum atomic E-state index is -0.480. The highest BCUT2D eigenvalue weighted by atomic mass is 16.2. The van der Waals surface area contributed by atoms with Crippen LogP contribution in [0.3, 0.4) is 0 Å². The van der Waals surface area contributed by atoms with Gasteiger partial charge in [-0.15, -0.1) is 0 Å². The van der Waals surface area contributed by atoms with Crippen LogP contribution < -0.4 is 11.1 Å². The summed E-state index contributed by atoms with van der Waals surface area (Å²) >= 11 is 0. The molecule has 3 heterocycles. The van der Waals surface area contributed by atoms with Gasteiger partial charge in [-0.25, -0.2) is 4.98 Å². The number of pyridine rings is 1.